The molecule has 1 aromatic carbocycles. The number of pyridine rings is 1. The number of rotatable bonds is 8. The minimum absolute atomic E-state index is 0.138. The van der Waals surface area contributed by atoms with E-state index in [0.29, 0.717) is 17.7 Å². The summed E-state index contributed by atoms with van der Waals surface area (Å²) in [6.07, 6.45) is 1.92. The van der Waals surface area contributed by atoms with E-state index in [9.17, 15) is 18.0 Å². The topological polar surface area (TPSA) is 125 Å². The van der Waals surface area contributed by atoms with Crippen molar-refractivity contribution in [1.29, 1.82) is 0 Å². The summed E-state index contributed by atoms with van der Waals surface area (Å²) >= 11 is 0. The summed E-state index contributed by atoms with van der Waals surface area (Å²) in [7, 11) is -3.49. The average Bonchev–Trinajstić information content (AvgIpc) is 2.61. The molecule has 0 aliphatic carbocycles. The maximum Gasteiger partial charge on any atom is 0.354 e. The molecule has 1 heterocycles. The lowest BCUT2D eigenvalue weighted by atomic mass is 10.2. The molecule has 0 saturated carbocycles. The first-order chi connectivity index (χ1) is 12.7. The van der Waals surface area contributed by atoms with Gasteiger partial charge < -0.3 is 10.4 Å². The number of sulfonamides is 1. The molecule has 2 rings (SSSR count). The Labute approximate surface area is 157 Å². The Hall–Kier alpha value is -2.78. The van der Waals surface area contributed by atoms with Crippen molar-refractivity contribution in [3.8, 4) is 0 Å². The number of amides is 1. The predicted octanol–water partition coefficient (Wildman–Crippen LogP) is 2.25. The van der Waals surface area contributed by atoms with Crippen LogP contribution in [0.4, 0.5) is 5.69 Å². The van der Waals surface area contributed by atoms with Gasteiger partial charge in [0.15, 0.2) is 0 Å². The number of carbonyl (C=O) groups excluding carboxylic acids is 1. The van der Waals surface area contributed by atoms with E-state index >= 15 is 0 Å². The molecule has 0 saturated heterocycles. The van der Waals surface area contributed by atoms with Gasteiger partial charge >= 0.3 is 5.97 Å². The van der Waals surface area contributed by atoms with Crippen molar-refractivity contribution in [3.63, 3.8) is 0 Å². The lowest BCUT2D eigenvalue weighted by Gasteiger charge is -2.13. The Morgan fingerprint density at radius 2 is 1.96 bits per heavy atom. The van der Waals surface area contributed by atoms with E-state index in [-0.39, 0.29) is 23.1 Å². The standard InChI is InChI=1S/C18H21N3O5S/c1-3-12(2)21-27(25,26)11-13-5-4-6-15(9-13)20-17(22)14-7-8-19-16(10-14)18(23)24/h4-10,12,21H,3,11H2,1-2H3,(H,20,22)(H,23,24). The fourth-order valence-electron chi connectivity index (χ4n) is 2.28. The van der Waals surface area contributed by atoms with E-state index in [4.69, 9.17) is 5.11 Å². The molecule has 2 aromatic rings. The van der Waals surface area contributed by atoms with Gasteiger partial charge in [-0.25, -0.2) is 22.9 Å². The summed E-state index contributed by atoms with van der Waals surface area (Å²) in [5.41, 5.74) is 0.826. The van der Waals surface area contributed by atoms with Crippen molar-refractivity contribution in [2.45, 2.75) is 32.1 Å². The lowest BCUT2D eigenvalue weighted by molar-refractivity contribution is 0.0690. The van der Waals surface area contributed by atoms with Crippen LogP contribution in [0.2, 0.25) is 0 Å². The third-order valence-corrected chi connectivity index (χ3v) is 5.25. The summed E-state index contributed by atoms with van der Waals surface area (Å²) in [4.78, 5) is 26.9. The van der Waals surface area contributed by atoms with Gasteiger partial charge in [0, 0.05) is 23.5 Å². The molecule has 1 atom stereocenters. The van der Waals surface area contributed by atoms with Gasteiger partial charge in [0.25, 0.3) is 5.91 Å². The molecule has 0 bridgehead atoms. The van der Waals surface area contributed by atoms with Crippen LogP contribution in [0.3, 0.4) is 0 Å². The molecule has 144 valence electrons. The monoisotopic (exact) mass is 391 g/mol. The Morgan fingerprint density at radius 1 is 1.22 bits per heavy atom. The molecule has 27 heavy (non-hydrogen) atoms. The van der Waals surface area contributed by atoms with Crippen molar-refractivity contribution in [1.82, 2.24) is 9.71 Å². The van der Waals surface area contributed by atoms with Crippen LogP contribution in [0.1, 0.15) is 46.7 Å². The molecule has 0 radical (unpaired) electrons. The zero-order chi connectivity index (χ0) is 20.0. The highest BCUT2D eigenvalue weighted by Gasteiger charge is 2.15. The molecule has 1 unspecified atom stereocenters. The van der Waals surface area contributed by atoms with Crippen LogP contribution < -0.4 is 10.0 Å². The zero-order valence-corrected chi connectivity index (χ0v) is 15.8. The van der Waals surface area contributed by atoms with Crippen LogP contribution in [0, 0.1) is 0 Å². The summed E-state index contributed by atoms with van der Waals surface area (Å²) < 4.78 is 26.9. The molecule has 0 spiro atoms. The zero-order valence-electron chi connectivity index (χ0n) is 15.0. The number of benzene rings is 1. The van der Waals surface area contributed by atoms with Crippen LogP contribution in [0.15, 0.2) is 42.6 Å². The van der Waals surface area contributed by atoms with E-state index in [2.05, 4.69) is 15.0 Å². The van der Waals surface area contributed by atoms with Gasteiger partial charge in [-0.2, -0.15) is 0 Å². The van der Waals surface area contributed by atoms with E-state index < -0.39 is 21.9 Å². The van der Waals surface area contributed by atoms with Crippen LogP contribution in [-0.4, -0.2) is 36.4 Å². The first-order valence-corrected chi connectivity index (χ1v) is 9.95. The molecule has 9 heteroatoms. The fraction of sp³-hybridized carbons (Fsp3) is 0.278. The molecule has 3 N–H and O–H groups in total. The quantitative estimate of drug-likeness (QED) is 0.634. The van der Waals surface area contributed by atoms with Crippen LogP contribution in [0.25, 0.3) is 0 Å². The molecule has 0 aliphatic heterocycles. The van der Waals surface area contributed by atoms with Gasteiger partial charge in [0.1, 0.15) is 5.69 Å². The average molecular weight is 391 g/mol. The number of hydrogen-bond donors (Lipinski definition) is 3. The number of nitrogens with zero attached hydrogens (tertiary/aromatic N) is 1. The summed E-state index contributed by atoms with van der Waals surface area (Å²) in [6.45, 7) is 3.67. The second kappa shape index (κ2) is 8.74. The first kappa shape index (κ1) is 20.5. The van der Waals surface area contributed by atoms with Crippen LogP contribution in [0.5, 0.6) is 0 Å². The van der Waals surface area contributed by atoms with Crippen molar-refractivity contribution in [2.75, 3.05) is 5.32 Å². The summed E-state index contributed by atoms with van der Waals surface area (Å²) in [5, 5.41) is 11.6. The Kier molecular flexibility index (Phi) is 6.65. The molecule has 1 amide bonds. The van der Waals surface area contributed by atoms with E-state index in [1.807, 2.05) is 6.92 Å². The van der Waals surface area contributed by atoms with Gasteiger partial charge in [-0.15, -0.1) is 0 Å². The van der Waals surface area contributed by atoms with Gasteiger partial charge in [0.2, 0.25) is 10.0 Å². The lowest BCUT2D eigenvalue weighted by Crippen LogP contribution is -2.32. The maximum atomic E-state index is 12.3. The first-order valence-electron chi connectivity index (χ1n) is 8.30. The van der Waals surface area contributed by atoms with E-state index in [1.165, 1.54) is 18.3 Å². The number of aromatic carboxylic acids is 1. The number of hydrogen-bond acceptors (Lipinski definition) is 5. The van der Waals surface area contributed by atoms with Crippen molar-refractivity contribution >= 4 is 27.6 Å². The number of carboxylic acid groups (broad SMARTS) is 1. The Balaban J connectivity index is 2.12. The van der Waals surface area contributed by atoms with Crippen molar-refractivity contribution in [2.24, 2.45) is 0 Å². The highest BCUT2D eigenvalue weighted by atomic mass is 32.2. The molecule has 1 aromatic heterocycles. The number of carboxylic acids is 1. The normalized spacial score (nSPS) is 12.4. The summed E-state index contributed by atoms with van der Waals surface area (Å²) in [5.74, 6) is -1.96. The number of aromatic nitrogens is 1. The van der Waals surface area contributed by atoms with Gasteiger partial charge in [-0.1, -0.05) is 19.1 Å². The van der Waals surface area contributed by atoms with Crippen molar-refractivity contribution in [3.05, 3.63) is 59.4 Å². The Bertz CT molecular complexity index is 944. The van der Waals surface area contributed by atoms with E-state index in [0.717, 1.165) is 0 Å². The highest BCUT2D eigenvalue weighted by Crippen LogP contribution is 2.15. The predicted molar refractivity (Wildman–Crippen MR) is 101 cm³/mol. The molecular formula is C18H21N3O5S. The van der Waals surface area contributed by atoms with Gasteiger partial charge in [-0.3, -0.25) is 4.79 Å². The molecule has 0 fully saturated rings. The number of nitrogens with one attached hydrogen (secondary N) is 2. The number of carbonyl (C=O) groups is 2. The third kappa shape index (κ3) is 6.15. The van der Waals surface area contributed by atoms with Crippen LogP contribution >= 0.6 is 0 Å². The maximum absolute atomic E-state index is 12.3. The molecule has 0 aliphatic rings. The molecular weight excluding hydrogens is 370 g/mol. The minimum atomic E-state index is -3.49. The third-order valence-electron chi connectivity index (χ3n) is 3.78. The molecule has 8 nitrogen and oxygen atoms in total. The van der Waals surface area contributed by atoms with Gasteiger partial charge in [0.05, 0.1) is 5.75 Å². The minimum Gasteiger partial charge on any atom is -0.477 e. The SMILES string of the molecule is CCC(C)NS(=O)(=O)Cc1cccc(NC(=O)c2ccnc(C(=O)O)c2)c1. The smallest absolute Gasteiger partial charge is 0.354 e. The number of anilines is 1. The Morgan fingerprint density at radius 3 is 2.63 bits per heavy atom. The van der Waals surface area contributed by atoms with Gasteiger partial charge in [-0.05, 0) is 43.2 Å². The fourth-order valence-corrected chi connectivity index (χ4v) is 3.76. The second-order valence-corrected chi connectivity index (χ2v) is 7.83. The second-order valence-electron chi connectivity index (χ2n) is 6.08. The largest absolute Gasteiger partial charge is 0.477 e. The summed E-state index contributed by atoms with van der Waals surface area (Å²) in [6, 6.07) is 8.88. The van der Waals surface area contributed by atoms with E-state index in [1.54, 1.807) is 31.2 Å². The van der Waals surface area contributed by atoms with Crippen LogP contribution in [-0.2, 0) is 15.8 Å². The van der Waals surface area contributed by atoms with Crippen molar-refractivity contribution < 1.29 is 23.1 Å². The highest BCUT2D eigenvalue weighted by molar-refractivity contribution is 7.88.